The van der Waals surface area contributed by atoms with Crippen molar-refractivity contribution in [2.24, 2.45) is 0 Å². The lowest BCUT2D eigenvalue weighted by Gasteiger charge is -2.31. The Morgan fingerprint density at radius 1 is 1.28 bits per heavy atom. The van der Waals surface area contributed by atoms with Crippen molar-refractivity contribution in [2.75, 3.05) is 0 Å². The molecule has 7 heteroatoms. The number of rotatable bonds is 2. The zero-order chi connectivity index (χ0) is 20.5. The van der Waals surface area contributed by atoms with Gasteiger partial charge in [0, 0.05) is 22.1 Å². The van der Waals surface area contributed by atoms with E-state index in [2.05, 4.69) is 0 Å². The van der Waals surface area contributed by atoms with E-state index in [1.165, 1.54) is 6.92 Å². The summed E-state index contributed by atoms with van der Waals surface area (Å²) in [6.07, 6.45) is 0.105. The van der Waals surface area contributed by atoms with Crippen LogP contribution in [0.5, 0.6) is 0 Å². The molecule has 4 heterocycles. The molecular formula is C22H18N2O5. The maximum atomic E-state index is 13.1. The Morgan fingerprint density at radius 3 is 2.79 bits per heavy atom. The summed E-state index contributed by atoms with van der Waals surface area (Å²) in [4.78, 5) is 41.7. The maximum Gasteiger partial charge on any atom is 0.343 e. The fourth-order valence-corrected chi connectivity index (χ4v) is 4.20. The number of benzene rings is 1. The molecule has 0 saturated carbocycles. The molecule has 0 unspecified atom stereocenters. The summed E-state index contributed by atoms with van der Waals surface area (Å²) in [5, 5.41) is 11.7. The van der Waals surface area contributed by atoms with Crippen LogP contribution in [0.4, 0.5) is 0 Å². The number of Topliss-reactive ketones (excluding diaryl/α,β-unsaturated/α-hetero) is 1. The number of ketones is 1. The summed E-state index contributed by atoms with van der Waals surface area (Å²) in [7, 11) is 0. The lowest BCUT2D eigenvalue weighted by atomic mass is 9.86. The van der Waals surface area contributed by atoms with Crippen LogP contribution in [0.2, 0.25) is 0 Å². The van der Waals surface area contributed by atoms with E-state index in [0.717, 1.165) is 10.9 Å². The quantitative estimate of drug-likeness (QED) is 0.417. The van der Waals surface area contributed by atoms with Crippen LogP contribution in [-0.2, 0) is 28.3 Å². The molecule has 3 aromatic rings. The highest BCUT2D eigenvalue weighted by atomic mass is 16.6. The van der Waals surface area contributed by atoms with Gasteiger partial charge in [-0.25, -0.2) is 9.78 Å². The first kappa shape index (κ1) is 17.8. The summed E-state index contributed by atoms with van der Waals surface area (Å²) < 4.78 is 6.67. The number of pyridine rings is 2. The summed E-state index contributed by atoms with van der Waals surface area (Å²) in [6.45, 7) is 3.37. The number of carbonyl (C=O) groups excluding carboxylic acids is 2. The monoisotopic (exact) mass is 390 g/mol. The van der Waals surface area contributed by atoms with Crippen molar-refractivity contribution >= 4 is 22.7 Å². The van der Waals surface area contributed by atoms with E-state index >= 15 is 0 Å². The first-order valence-electron chi connectivity index (χ1n) is 9.45. The van der Waals surface area contributed by atoms with Crippen molar-refractivity contribution in [3.8, 4) is 11.4 Å². The third-order valence-corrected chi connectivity index (χ3v) is 5.91. The van der Waals surface area contributed by atoms with E-state index in [-0.39, 0.29) is 24.4 Å². The highest BCUT2D eigenvalue weighted by Gasteiger charge is 2.45. The second kappa shape index (κ2) is 5.84. The Balaban J connectivity index is 1.75. The van der Waals surface area contributed by atoms with Crippen LogP contribution in [0.1, 0.15) is 47.3 Å². The lowest BCUT2D eigenvalue weighted by Crippen LogP contribution is -2.44. The van der Waals surface area contributed by atoms with Crippen LogP contribution >= 0.6 is 0 Å². The topological polar surface area (TPSA) is 98.5 Å². The minimum absolute atomic E-state index is 0.0249. The Hall–Kier alpha value is -3.32. The van der Waals surface area contributed by atoms with Crippen molar-refractivity contribution in [1.82, 2.24) is 9.55 Å². The van der Waals surface area contributed by atoms with E-state index in [1.54, 1.807) is 35.8 Å². The fourth-order valence-electron chi connectivity index (χ4n) is 4.20. The Kier molecular flexibility index (Phi) is 3.58. The van der Waals surface area contributed by atoms with Gasteiger partial charge in [-0.2, -0.15) is 0 Å². The smallest absolute Gasteiger partial charge is 0.343 e. The van der Waals surface area contributed by atoms with Crippen LogP contribution in [0, 0.1) is 0 Å². The number of aromatic nitrogens is 2. The average molecular weight is 390 g/mol. The molecule has 1 aromatic carbocycles. The summed E-state index contributed by atoms with van der Waals surface area (Å²) in [5.74, 6) is -0.763. The zero-order valence-corrected chi connectivity index (χ0v) is 16.0. The predicted octanol–water partition coefficient (Wildman–Crippen LogP) is 2.28. The Bertz CT molecular complexity index is 1310. The molecule has 146 valence electrons. The van der Waals surface area contributed by atoms with Gasteiger partial charge in [0.2, 0.25) is 0 Å². The standard InChI is InChI=1S/C22H18N2O5/c1-3-22(28)16-8-18-19-14(9-24(18)20(26)15(16)10-29-21(22)27)7-13-6-12(11(2)25)4-5-17(13)23-19/h4-8,28H,3,9-10H2,1-2H3/t22-/m0/s1. The molecule has 2 aromatic heterocycles. The molecule has 0 fully saturated rings. The molecule has 0 spiro atoms. The number of fused-ring (bicyclic) bond motifs is 5. The van der Waals surface area contributed by atoms with E-state index in [9.17, 15) is 19.5 Å². The average Bonchev–Trinajstić information content (AvgIpc) is 3.07. The van der Waals surface area contributed by atoms with Gasteiger partial charge >= 0.3 is 5.97 Å². The van der Waals surface area contributed by atoms with E-state index < -0.39 is 11.6 Å². The van der Waals surface area contributed by atoms with Crippen molar-refractivity contribution in [1.29, 1.82) is 0 Å². The van der Waals surface area contributed by atoms with Gasteiger partial charge in [0.05, 0.1) is 29.0 Å². The number of carbonyl (C=O) groups is 2. The van der Waals surface area contributed by atoms with Crippen LogP contribution in [0.3, 0.4) is 0 Å². The molecule has 0 radical (unpaired) electrons. The number of nitrogens with zero attached hydrogens (tertiary/aromatic N) is 2. The van der Waals surface area contributed by atoms with Gasteiger partial charge in [-0.05, 0) is 43.7 Å². The summed E-state index contributed by atoms with van der Waals surface area (Å²) in [5.41, 5.74) is 1.85. The molecule has 29 heavy (non-hydrogen) atoms. The normalized spacial score (nSPS) is 19.5. The van der Waals surface area contributed by atoms with Gasteiger partial charge in [0.15, 0.2) is 11.4 Å². The Morgan fingerprint density at radius 2 is 2.07 bits per heavy atom. The van der Waals surface area contributed by atoms with Crippen molar-refractivity contribution in [3.63, 3.8) is 0 Å². The Labute approximate surface area is 165 Å². The minimum Gasteiger partial charge on any atom is -0.458 e. The van der Waals surface area contributed by atoms with Crippen molar-refractivity contribution in [2.45, 2.75) is 39.0 Å². The third kappa shape index (κ3) is 2.34. The molecule has 0 saturated heterocycles. The van der Waals surface area contributed by atoms with E-state index in [0.29, 0.717) is 40.1 Å². The molecule has 5 rings (SSSR count). The van der Waals surface area contributed by atoms with Crippen molar-refractivity contribution < 1.29 is 19.4 Å². The number of hydrogen-bond acceptors (Lipinski definition) is 6. The van der Waals surface area contributed by atoms with Gasteiger partial charge in [0.25, 0.3) is 5.56 Å². The first-order chi connectivity index (χ1) is 13.8. The molecule has 7 nitrogen and oxygen atoms in total. The second-order valence-electron chi connectivity index (χ2n) is 7.56. The SMILES string of the molecule is CC[C@@]1(O)C(=O)OCc2c1cc1n(c2=O)Cc2cc3cc(C(C)=O)ccc3nc2-1. The number of aliphatic hydroxyl groups is 1. The van der Waals surface area contributed by atoms with Gasteiger partial charge in [0.1, 0.15) is 6.61 Å². The molecule has 1 atom stereocenters. The zero-order valence-electron chi connectivity index (χ0n) is 16.0. The molecule has 2 aliphatic heterocycles. The van der Waals surface area contributed by atoms with Crippen LogP contribution in [-0.4, -0.2) is 26.4 Å². The maximum absolute atomic E-state index is 13.1. The number of esters is 1. The lowest BCUT2D eigenvalue weighted by molar-refractivity contribution is -0.172. The molecule has 0 bridgehead atoms. The van der Waals surface area contributed by atoms with E-state index in [1.807, 2.05) is 6.07 Å². The highest BCUT2D eigenvalue weighted by Crippen LogP contribution is 2.38. The predicted molar refractivity (Wildman–Crippen MR) is 105 cm³/mol. The van der Waals surface area contributed by atoms with Gasteiger partial charge in [-0.15, -0.1) is 0 Å². The van der Waals surface area contributed by atoms with E-state index in [4.69, 9.17) is 9.72 Å². The highest BCUT2D eigenvalue weighted by molar-refractivity contribution is 5.98. The molecule has 0 aliphatic carbocycles. The molecule has 1 N–H and O–H groups in total. The number of hydrogen-bond donors (Lipinski definition) is 1. The van der Waals surface area contributed by atoms with Crippen LogP contribution < -0.4 is 5.56 Å². The van der Waals surface area contributed by atoms with Gasteiger partial charge in [-0.1, -0.05) is 6.92 Å². The van der Waals surface area contributed by atoms with Crippen molar-refractivity contribution in [3.05, 3.63) is 62.9 Å². The summed E-state index contributed by atoms with van der Waals surface area (Å²) in [6, 6.07) is 8.93. The number of ether oxygens (including phenoxy) is 1. The van der Waals surface area contributed by atoms with Crippen LogP contribution in [0.15, 0.2) is 35.1 Å². The van der Waals surface area contributed by atoms with Gasteiger partial charge in [-0.3, -0.25) is 9.59 Å². The van der Waals surface area contributed by atoms with Gasteiger partial charge < -0.3 is 14.4 Å². The fraction of sp³-hybridized carbons (Fsp3) is 0.273. The molecular weight excluding hydrogens is 372 g/mol. The molecule has 0 amide bonds. The minimum atomic E-state index is -1.83. The number of cyclic esters (lactones) is 1. The first-order valence-corrected chi connectivity index (χ1v) is 9.45. The molecule has 2 aliphatic rings. The summed E-state index contributed by atoms with van der Waals surface area (Å²) >= 11 is 0. The van der Waals surface area contributed by atoms with Crippen LogP contribution in [0.25, 0.3) is 22.3 Å². The largest absolute Gasteiger partial charge is 0.458 e. The third-order valence-electron chi connectivity index (χ3n) is 5.91. The second-order valence-corrected chi connectivity index (χ2v) is 7.56.